The average molecular weight is 325 g/mol. The van der Waals surface area contributed by atoms with Crippen LogP contribution in [0.5, 0.6) is 0 Å². The SMILES string of the molecule is N[C@@H](c1cc(C(F)(F)F)cc(C(F)(F)F)c1)c1cccs1. The normalized spacial score (nSPS) is 14.2. The minimum Gasteiger partial charge on any atom is -0.320 e. The highest BCUT2D eigenvalue weighted by Crippen LogP contribution is 2.38. The Bertz CT molecular complexity index is 582. The second-order valence-corrected chi connectivity index (χ2v) is 5.31. The van der Waals surface area contributed by atoms with Crippen molar-refractivity contribution >= 4 is 11.3 Å². The van der Waals surface area contributed by atoms with Crippen molar-refractivity contribution in [3.05, 3.63) is 57.3 Å². The number of halogens is 6. The van der Waals surface area contributed by atoms with E-state index in [1.165, 1.54) is 11.3 Å². The number of rotatable bonds is 2. The van der Waals surface area contributed by atoms with E-state index in [0.29, 0.717) is 17.0 Å². The summed E-state index contributed by atoms with van der Waals surface area (Å²) in [7, 11) is 0. The molecule has 1 nitrogen and oxygen atoms in total. The molecule has 1 heterocycles. The summed E-state index contributed by atoms with van der Waals surface area (Å²) in [6.45, 7) is 0. The lowest BCUT2D eigenvalue weighted by molar-refractivity contribution is -0.143. The summed E-state index contributed by atoms with van der Waals surface area (Å²) in [5, 5.41) is 1.65. The Morgan fingerprint density at radius 2 is 1.43 bits per heavy atom. The van der Waals surface area contributed by atoms with Crippen molar-refractivity contribution in [1.29, 1.82) is 0 Å². The maximum absolute atomic E-state index is 12.7. The Hall–Kier alpha value is -1.54. The first-order valence-electron chi connectivity index (χ1n) is 5.67. The van der Waals surface area contributed by atoms with Gasteiger partial charge in [-0.05, 0) is 35.2 Å². The zero-order valence-electron chi connectivity index (χ0n) is 10.3. The Balaban J connectivity index is 2.55. The molecule has 0 unspecified atom stereocenters. The molecule has 114 valence electrons. The minimum atomic E-state index is -4.87. The molecular weight excluding hydrogens is 316 g/mol. The number of nitrogens with two attached hydrogens (primary N) is 1. The lowest BCUT2D eigenvalue weighted by Crippen LogP contribution is -2.16. The third-order valence-corrected chi connectivity index (χ3v) is 3.77. The summed E-state index contributed by atoms with van der Waals surface area (Å²) in [6, 6.07) is 3.54. The van der Waals surface area contributed by atoms with Crippen LogP contribution in [0.1, 0.15) is 27.6 Å². The molecule has 0 saturated carbocycles. The van der Waals surface area contributed by atoms with Crippen molar-refractivity contribution in [3.8, 4) is 0 Å². The van der Waals surface area contributed by atoms with Crippen LogP contribution in [-0.2, 0) is 12.4 Å². The first-order chi connectivity index (χ1) is 9.59. The second kappa shape index (κ2) is 5.34. The molecule has 2 N–H and O–H groups in total. The molecule has 1 aromatic heterocycles. The van der Waals surface area contributed by atoms with Crippen molar-refractivity contribution in [2.75, 3.05) is 0 Å². The highest BCUT2D eigenvalue weighted by atomic mass is 32.1. The third kappa shape index (κ3) is 3.56. The van der Waals surface area contributed by atoms with E-state index in [4.69, 9.17) is 5.73 Å². The van der Waals surface area contributed by atoms with Crippen LogP contribution in [0.25, 0.3) is 0 Å². The summed E-state index contributed by atoms with van der Waals surface area (Å²) in [5.41, 5.74) is 2.81. The van der Waals surface area contributed by atoms with Gasteiger partial charge in [0, 0.05) is 4.88 Å². The molecule has 0 radical (unpaired) electrons. The van der Waals surface area contributed by atoms with E-state index in [2.05, 4.69) is 0 Å². The fourth-order valence-electron chi connectivity index (χ4n) is 1.79. The van der Waals surface area contributed by atoms with E-state index in [1.807, 2.05) is 0 Å². The molecular formula is C13H9F6NS. The van der Waals surface area contributed by atoms with Crippen LogP contribution in [0.3, 0.4) is 0 Å². The summed E-state index contributed by atoms with van der Waals surface area (Å²) in [4.78, 5) is 0.488. The molecule has 1 atom stereocenters. The summed E-state index contributed by atoms with van der Waals surface area (Å²) in [5.74, 6) is 0. The zero-order valence-corrected chi connectivity index (χ0v) is 11.1. The van der Waals surface area contributed by atoms with E-state index in [-0.39, 0.29) is 11.6 Å². The van der Waals surface area contributed by atoms with Gasteiger partial charge >= 0.3 is 12.4 Å². The highest BCUT2D eigenvalue weighted by molar-refractivity contribution is 7.10. The van der Waals surface area contributed by atoms with Gasteiger partial charge in [0.05, 0.1) is 17.2 Å². The van der Waals surface area contributed by atoms with Gasteiger partial charge in [0.25, 0.3) is 0 Å². The molecule has 0 saturated heterocycles. The van der Waals surface area contributed by atoms with Crippen molar-refractivity contribution in [3.63, 3.8) is 0 Å². The van der Waals surface area contributed by atoms with Crippen LogP contribution < -0.4 is 5.73 Å². The largest absolute Gasteiger partial charge is 0.416 e. The highest BCUT2D eigenvalue weighted by Gasteiger charge is 2.37. The van der Waals surface area contributed by atoms with E-state index in [9.17, 15) is 26.3 Å². The van der Waals surface area contributed by atoms with Gasteiger partial charge in [0.15, 0.2) is 0 Å². The Morgan fingerprint density at radius 3 is 1.81 bits per heavy atom. The molecule has 0 amide bonds. The maximum Gasteiger partial charge on any atom is 0.416 e. The average Bonchev–Trinajstić information content (AvgIpc) is 2.89. The van der Waals surface area contributed by atoms with Crippen LogP contribution in [-0.4, -0.2) is 0 Å². The van der Waals surface area contributed by atoms with Crippen LogP contribution in [0.4, 0.5) is 26.3 Å². The fourth-order valence-corrected chi connectivity index (χ4v) is 2.55. The molecule has 0 aliphatic rings. The minimum absolute atomic E-state index is 0.0879. The fraction of sp³-hybridized carbons (Fsp3) is 0.231. The predicted molar refractivity (Wildman–Crippen MR) is 66.8 cm³/mol. The summed E-state index contributed by atoms with van der Waals surface area (Å²) in [6.07, 6.45) is -9.74. The monoisotopic (exact) mass is 325 g/mol. The third-order valence-electron chi connectivity index (χ3n) is 2.82. The molecule has 0 fully saturated rings. The molecule has 8 heteroatoms. The van der Waals surface area contributed by atoms with Gasteiger partial charge in [-0.3, -0.25) is 0 Å². The number of thiophene rings is 1. The van der Waals surface area contributed by atoms with E-state index in [0.717, 1.165) is 0 Å². The number of hydrogen-bond donors (Lipinski definition) is 1. The first kappa shape index (κ1) is 15.8. The van der Waals surface area contributed by atoms with Crippen LogP contribution in [0, 0.1) is 0 Å². The van der Waals surface area contributed by atoms with Gasteiger partial charge in [-0.25, -0.2) is 0 Å². The standard InChI is InChI=1S/C13H9F6NS/c14-12(15,16)8-4-7(5-9(6-8)13(17,18)19)11(20)10-2-1-3-21-10/h1-6,11H,20H2/t11-/m0/s1. The quantitative estimate of drug-likeness (QED) is 0.786. The second-order valence-electron chi connectivity index (χ2n) is 4.33. The molecule has 0 aliphatic heterocycles. The van der Waals surface area contributed by atoms with Gasteiger partial charge in [0.1, 0.15) is 0 Å². The number of alkyl halides is 6. The van der Waals surface area contributed by atoms with Crippen molar-refractivity contribution < 1.29 is 26.3 Å². The molecule has 0 spiro atoms. The van der Waals surface area contributed by atoms with E-state index >= 15 is 0 Å². The van der Waals surface area contributed by atoms with Gasteiger partial charge in [-0.1, -0.05) is 6.07 Å². The number of hydrogen-bond acceptors (Lipinski definition) is 2. The zero-order chi connectivity index (χ0) is 15.8. The van der Waals surface area contributed by atoms with Gasteiger partial charge in [-0.2, -0.15) is 26.3 Å². The number of benzene rings is 1. The van der Waals surface area contributed by atoms with Crippen LogP contribution in [0.15, 0.2) is 35.7 Å². The topological polar surface area (TPSA) is 26.0 Å². The van der Waals surface area contributed by atoms with E-state index < -0.39 is 29.5 Å². The van der Waals surface area contributed by atoms with E-state index in [1.54, 1.807) is 17.5 Å². The lowest BCUT2D eigenvalue weighted by atomic mass is 9.99. The van der Waals surface area contributed by atoms with Gasteiger partial charge in [-0.15, -0.1) is 11.3 Å². The van der Waals surface area contributed by atoms with Crippen molar-refractivity contribution in [2.45, 2.75) is 18.4 Å². The van der Waals surface area contributed by atoms with Gasteiger partial charge in [0.2, 0.25) is 0 Å². The van der Waals surface area contributed by atoms with Crippen LogP contribution in [0.2, 0.25) is 0 Å². The predicted octanol–water partition coefficient (Wildman–Crippen LogP) is 4.83. The lowest BCUT2D eigenvalue weighted by Gasteiger charge is -2.17. The Morgan fingerprint density at radius 1 is 0.905 bits per heavy atom. The first-order valence-corrected chi connectivity index (χ1v) is 6.55. The van der Waals surface area contributed by atoms with Crippen molar-refractivity contribution in [2.24, 2.45) is 5.73 Å². The molecule has 0 bridgehead atoms. The molecule has 1 aromatic carbocycles. The smallest absolute Gasteiger partial charge is 0.320 e. The van der Waals surface area contributed by atoms with Crippen molar-refractivity contribution in [1.82, 2.24) is 0 Å². The molecule has 0 aliphatic carbocycles. The Kier molecular flexibility index (Phi) is 4.03. The molecule has 2 aromatic rings. The molecule has 2 rings (SSSR count). The Labute approximate surface area is 120 Å². The van der Waals surface area contributed by atoms with Crippen LogP contribution >= 0.6 is 11.3 Å². The summed E-state index contributed by atoms with van der Waals surface area (Å²) >= 11 is 1.17. The van der Waals surface area contributed by atoms with Gasteiger partial charge < -0.3 is 5.73 Å². The molecule has 21 heavy (non-hydrogen) atoms. The summed E-state index contributed by atoms with van der Waals surface area (Å²) < 4.78 is 76.4. The maximum atomic E-state index is 12.7.